The average molecular weight is 395 g/mol. The molecule has 1 aliphatic rings. The molecule has 1 aromatic heterocycles. The van der Waals surface area contributed by atoms with E-state index < -0.39 is 0 Å². The summed E-state index contributed by atoms with van der Waals surface area (Å²) in [6, 6.07) is 9.70. The number of ether oxygens (including phenoxy) is 1. The number of methoxy groups -OCH3 is 1. The molecule has 0 aliphatic heterocycles. The number of allylic oxidation sites excluding steroid dienone is 1. The smallest absolute Gasteiger partial charge is 0.270 e. The van der Waals surface area contributed by atoms with Crippen LogP contribution in [0.25, 0.3) is 0 Å². The summed E-state index contributed by atoms with van der Waals surface area (Å²) in [6.07, 6.45) is 8.91. The largest absolute Gasteiger partial charge is 0.497 e. The number of anilines is 1. The van der Waals surface area contributed by atoms with E-state index in [4.69, 9.17) is 4.74 Å². The molecule has 1 aromatic carbocycles. The lowest BCUT2D eigenvalue weighted by molar-refractivity contribution is 0.0949. The second-order valence-electron chi connectivity index (χ2n) is 7.36. The molecule has 0 unspecified atom stereocenters. The van der Waals surface area contributed by atoms with Crippen LogP contribution in [0.2, 0.25) is 0 Å². The van der Waals surface area contributed by atoms with E-state index in [9.17, 15) is 4.79 Å². The summed E-state index contributed by atoms with van der Waals surface area (Å²) in [5, 5.41) is 6.21. The first kappa shape index (κ1) is 20.8. The van der Waals surface area contributed by atoms with E-state index >= 15 is 0 Å². The van der Waals surface area contributed by atoms with Crippen molar-refractivity contribution in [1.29, 1.82) is 0 Å². The number of benzene rings is 1. The van der Waals surface area contributed by atoms with Crippen LogP contribution in [0.4, 0.5) is 5.95 Å². The molecule has 0 bridgehead atoms. The molecule has 2 aromatic rings. The number of amides is 1. The Labute approximate surface area is 172 Å². The summed E-state index contributed by atoms with van der Waals surface area (Å²) < 4.78 is 5.26. The van der Waals surface area contributed by atoms with Crippen LogP contribution in [0.15, 0.2) is 42.0 Å². The van der Waals surface area contributed by atoms with Gasteiger partial charge in [-0.2, -0.15) is 0 Å². The number of rotatable bonds is 9. The van der Waals surface area contributed by atoms with Gasteiger partial charge in [0.1, 0.15) is 11.4 Å². The minimum absolute atomic E-state index is 0.150. The van der Waals surface area contributed by atoms with Crippen molar-refractivity contribution >= 4 is 11.9 Å². The third-order valence-corrected chi connectivity index (χ3v) is 5.03. The lowest BCUT2D eigenvalue weighted by Gasteiger charge is -2.13. The van der Waals surface area contributed by atoms with Crippen LogP contribution in [0.3, 0.4) is 0 Å². The number of hydrogen-bond acceptors (Lipinski definition) is 5. The molecule has 29 heavy (non-hydrogen) atoms. The Bertz CT molecular complexity index is 864. The zero-order valence-corrected chi connectivity index (χ0v) is 17.3. The second kappa shape index (κ2) is 10.6. The molecule has 0 saturated heterocycles. The molecule has 6 nitrogen and oxygen atoms in total. The van der Waals surface area contributed by atoms with Crippen molar-refractivity contribution in [2.45, 2.75) is 45.4 Å². The Kier molecular flexibility index (Phi) is 7.61. The van der Waals surface area contributed by atoms with Gasteiger partial charge in [0.15, 0.2) is 0 Å². The van der Waals surface area contributed by atoms with Gasteiger partial charge in [-0.05, 0) is 69.2 Å². The van der Waals surface area contributed by atoms with E-state index in [1.807, 2.05) is 25.1 Å². The Balaban J connectivity index is 1.51. The Morgan fingerprint density at radius 1 is 1.14 bits per heavy atom. The van der Waals surface area contributed by atoms with Crippen LogP contribution in [0.1, 0.15) is 53.8 Å². The van der Waals surface area contributed by atoms with Gasteiger partial charge in [-0.15, -0.1) is 0 Å². The van der Waals surface area contributed by atoms with Crippen LogP contribution >= 0.6 is 0 Å². The topological polar surface area (TPSA) is 76.1 Å². The lowest BCUT2D eigenvalue weighted by Crippen LogP contribution is -2.26. The number of carbonyl (C=O) groups excluding carboxylic acids is 1. The molecular formula is C23H30N4O2. The molecule has 1 amide bonds. The maximum atomic E-state index is 12.5. The molecule has 2 N–H and O–H groups in total. The van der Waals surface area contributed by atoms with Crippen molar-refractivity contribution in [3.63, 3.8) is 0 Å². The minimum Gasteiger partial charge on any atom is -0.497 e. The molecule has 0 radical (unpaired) electrons. The number of nitrogens with zero attached hydrogens (tertiary/aromatic N) is 2. The highest BCUT2D eigenvalue weighted by Crippen LogP contribution is 2.19. The first-order valence-electron chi connectivity index (χ1n) is 10.3. The highest BCUT2D eigenvalue weighted by molar-refractivity contribution is 5.92. The SMILES string of the molecule is COc1cccc(CCNc2nc(C)cc(C(=O)NCCC3=CCCCC3)n2)c1. The van der Waals surface area contributed by atoms with Gasteiger partial charge in [0.25, 0.3) is 5.91 Å². The van der Waals surface area contributed by atoms with Gasteiger partial charge >= 0.3 is 0 Å². The van der Waals surface area contributed by atoms with Crippen LogP contribution in [0.5, 0.6) is 5.75 Å². The first-order chi connectivity index (χ1) is 14.1. The minimum atomic E-state index is -0.150. The van der Waals surface area contributed by atoms with E-state index in [0.717, 1.165) is 30.7 Å². The summed E-state index contributed by atoms with van der Waals surface area (Å²) >= 11 is 0. The van der Waals surface area contributed by atoms with Gasteiger partial charge in [-0.25, -0.2) is 9.97 Å². The van der Waals surface area contributed by atoms with Crippen molar-refractivity contribution in [3.8, 4) is 5.75 Å². The summed E-state index contributed by atoms with van der Waals surface area (Å²) in [6.45, 7) is 3.19. The molecular weight excluding hydrogens is 364 g/mol. The predicted molar refractivity (Wildman–Crippen MR) is 115 cm³/mol. The van der Waals surface area contributed by atoms with E-state index in [2.05, 4.69) is 32.7 Å². The van der Waals surface area contributed by atoms with Gasteiger partial charge in [0.2, 0.25) is 5.95 Å². The first-order valence-corrected chi connectivity index (χ1v) is 10.3. The third-order valence-electron chi connectivity index (χ3n) is 5.03. The van der Waals surface area contributed by atoms with E-state index in [1.165, 1.54) is 30.4 Å². The molecule has 0 saturated carbocycles. The molecule has 0 fully saturated rings. The normalized spacial score (nSPS) is 13.5. The molecule has 0 spiro atoms. The van der Waals surface area contributed by atoms with Crippen molar-refractivity contribution in [3.05, 3.63) is 58.9 Å². The Morgan fingerprint density at radius 3 is 2.83 bits per heavy atom. The van der Waals surface area contributed by atoms with Gasteiger partial charge < -0.3 is 15.4 Å². The van der Waals surface area contributed by atoms with Crippen molar-refractivity contribution in [2.75, 3.05) is 25.5 Å². The number of aryl methyl sites for hydroxylation is 1. The monoisotopic (exact) mass is 394 g/mol. The summed E-state index contributed by atoms with van der Waals surface area (Å²) in [5.74, 6) is 1.17. The quantitative estimate of drug-likeness (QED) is 0.627. The maximum Gasteiger partial charge on any atom is 0.270 e. The van der Waals surface area contributed by atoms with Crippen molar-refractivity contribution in [2.24, 2.45) is 0 Å². The van der Waals surface area contributed by atoms with E-state index in [-0.39, 0.29) is 5.91 Å². The lowest BCUT2D eigenvalue weighted by atomic mass is 9.97. The van der Waals surface area contributed by atoms with Gasteiger partial charge in [0.05, 0.1) is 7.11 Å². The standard InChI is InChI=1S/C23H30N4O2/c1-17-15-21(22(28)24-13-11-18-7-4-3-5-8-18)27-23(26-17)25-14-12-19-9-6-10-20(16-19)29-2/h6-7,9-10,15-16H,3-5,8,11-14H2,1-2H3,(H,24,28)(H,25,26,27). The Morgan fingerprint density at radius 2 is 2.03 bits per heavy atom. The molecule has 154 valence electrons. The zero-order chi connectivity index (χ0) is 20.5. The number of carbonyl (C=O) groups is 1. The summed E-state index contributed by atoms with van der Waals surface area (Å²) in [5.41, 5.74) is 3.79. The highest BCUT2D eigenvalue weighted by Gasteiger charge is 2.11. The van der Waals surface area contributed by atoms with Crippen molar-refractivity contribution < 1.29 is 9.53 Å². The highest BCUT2D eigenvalue weighted by atomic mass is 16.5. The van der Waals surface area contributed by atoms with Crippen molar-refractivity contribution in [1.82, 2.24) is 15.3 Å². The predicted octanol–water partition coefficient (Wildman–Crippen LogP) is 4.07. The fraction of sp³-hybridized carbons (Fsp3) is 0.435. The number of aromatic nitrogens is 2. The van der Waals surface area contributed by atoms with Crippen LogP contribution in [-0.4, -0.2) is 36.1 Å². The number of nitrogens with one attached hydrogen (secondary N) is 2. The van der Waals surface area contributed by atoms with Gasteiger partial charge in [-0.3, -0.25) is 4.79 Å². The van der Waals surface area contributed by atoms with E-state index in [1.54, 1.807) is 13.2 Å². The third kappa shape index (κ3) is 6.59. The van der Waals surface area contributed by atoms with Crippen LogP contribution in [-0.2, 0) is 6.42 Å². The van der Waals surface area contributed by atoms with Gasteiger partial charge in [0, 0.05) is 18.8 Å². The van der Waals surface area contributed by atoms with E-state index in [0.29, 0.717) is 24.7 Å². The van der Waals surface area contributed by atoms with Crippen LogP contribution < -0.4 is 15.4 Å². The number of hydrogen-bond donors (Lipinski definition) is 2. The molecule has 3 rings (SSSR count). The maximum absolute atomic E-state index is 12.5. The fourth-order valence-electron chi connectivity index (χ4n) is 3.47. The fourth-order valence-corrected chi connectivity index (χ4v) is 3.47. The Hall–Kier alpha value is -2.89. The molecule has 1 aliphatic carbocycles. The van der Waals surface area contributed by atoms with Crippen LogP contribution in [0, 0.1) is 6.92 Å². The summed E-state index contributed by atoms with van der Waals surface area (Å²) in [7, 11) is 1.66. The molecule has 0 atom stereocenters. The molecule has 1 heterocycles. The molecule has 6 heteroatoms. The second-order valence-corrected chi connectivity index (χ2v) is 7.36. The van der Waals surface area contributed by atoms with Gasteiger partial charge in [-0.1, -0.05) is 23.8 Å². The summed E-state index contributed by atoms with van der Waals surface area (Å²) in [4.78, 5) is 21.3. The average Bonchev–Trinajstić information content (AvgIpc) is 2.74. The zero-order valence-electron chi connectivity index (χ0n) is 17.3.